The van der Waals surface area contributed by atoms with Crippen LogP contribution in [-0.4, -0.2) is 36.1 Å². The van der Waals surface area contributed by atoms with Gasteiger partial charge in [-0.15, -0.1) is 0 Å². The van der Waals surface area contributed by atoms with E-state index < -0.39 is 17.8 Å². The summed E-state index contributed by atoms with van der Waals surface area (Å²) < 4.78 is 10.8. The molecular weight excluding hydrogens is 282 g/mol. The van der Waals surface area contributed by atoms with Gasteiger partial charge < -0.3 is 19.9 Å². The van der Waals surface area contributed by atoms with Gasteiger partial charge in [-0.2, -0.15) is 0 Å². The predicted octanol–water partition coefficient (Wildman–Crippen LogP) is 3.07. The number of benzene rings is 1. The van der Waals surface area contributed by atoms with E-state index in [2.05, 4.69) is 19.2 Å². The molecular formula is C17H27NO4. The molecule has 5 nitrogen and oxygen atoms in total. The van der Waals surface area contributed by atoms with E-state index in [-0.39, 0.29) is 13.2 Å². The quantitative estimate of drug-likeness (QED) is 0.847. The van der Waals surface area contributed by atoms with E-state index >= 15 is 0 Å². The molecule has 1 unspecified atom stereocenters. The molecule has 5 heteroatoms. The third-order valence-electron chi connectivity index (χ3n) is 2.85. The summed E-state index contributed by atoms with van der Waals surface area (Å²) in [4.78, 5) is 11.5. The van der Waals surface area contributed by atoms with Gasteiger partial charge in [0.25, 0.3) is 0 Å². The lowest BCUT2D eigenvalue weighted by atomic mass is 10.0. The summed E-state index contributed by atoms with van der Waals surface area (Å²) in [6.45, 7) is 9.72. The second-order valence-corrected chi connectivity index (χ2v) is 6.54. The van der Waals surface area contributed by atoms with Crippen molar-refractivity contribution in [3.8, 4) is 5.75 Å². The molecule has 0 fully saturated rings. The van der Waals surface area contributed by atoms with Crippen molar-refractivity contribution in [3.05, 3.63) is 29.8 Å². The minimum absolute atomic E-state index is 0.0821. The molecule has 2 N–H and O–H groups in total. The van der Waals surface area contributed by atoms with E-state index in [0.717, 1.165) is 11.3 Å². The van der Waals surface area contributed by atoms with E-state index in [1.54, 1.807) is 20.8 Å². The molecule has 0 aliphatic carbocycles. The molecule has 1 atom stereocenters. The van der Waals surface area contributed by atoms with Crippen molar-refractivity contribution in [3.63, 3.8) is 0 Å². The first-order chi connectivity index (χ1) is 10.2. The van der Waals surface area contributed by atoms with Gasteiger partial charge in [-0.3, -0.25) is 0 Å². The van der Waals surface area contributed by atoms with E-state index in [9.17, 15) is 9.90 Å². The third-order valence-corrected chi connectivity index (χ3v) is 2.85. The van der Waals surface area contributed by atoms with Crippen LogP contribution in [0.2, 0.25) is 0 Å². The molecule has 0 aliphatic heterocycles. The second kappa shape index (κ2) is 8.03. The van der Waals surface area contributed by atoms with E-state index in [4.69, 9.17) is 9.47 Å². The summed E-state index contributed by atoms with van der Waals surface area (Å²) in [6, 6.07) is 7.74. The van der Waals surface area contributed by atoms with Crippen molar-refractivity contribution in [2.75, 3.05) is 13.2 Å². The highest BCUT2D eigenvalue weighted by molar-refractivity contribution is 5.67. The topological polar surface area (TPSA) is 67.8 Å². The Hall–Kier alpha value is -1.75. The molecule has 0 bridgehead atoms. The highest BCUT2D eigenvalue weighted by Gasteiger charge is 2.17. The van der Waals surface area contributed by atoms with Gasteiger partial charge in [-0.1, -0.05) is 32.0 Å². The van der Waals surface area contributed by atoms with Gasteiger partial charge in [0.15, 0.2) is 0 Å². The summed E-state index contributed by atoms with van der Waals surface area (Å²) >= 11 is 0. The SMILES string of the molecule is CC(C)c1ccccc1OCC(O)CNC(=O)OC(C)(C)C. The summed E-state index contributed by atoms with van der Waals surface area (Å²) in [6.07, 6.45) is -1.35. The smallest absolute Gasteiger partial charge is 0.407 e. The molecule has 1 rings (SSSR count). The fraction of sp³-hybridized carbons (Fsp3) is 0.588. The average Bonchev–Trinajstić information content (AvgIpc) is 2.41. The van der Waals surface area contributed by atoms with Crippen molar-refractivity contribution in [1.82, 2.24) is 5.32 Å². The molecule has 0 aliphatic rings. The van der Waals surface area contributed by atoms with Gasteiger partial charge in [0.05, 0.1) is 6.54 Å². The van der Waals surface area contributed by atoms with Crippen molar-refractivity contribution in [1.29, 1.82) is 0 Å². The second-order valence-electron chi connectivity index (χ2n) is 6.54. The monoisotopic (exact) mass is 309 g/mol. The maximum atomic E-state index is 11.5. The molecule has 0 radical (unpaired) electrons. The van der Waals surface area contributed by atoms with Crippen molar-refractivity contribution >= 4 is 6.09 Å². The van der Waals surface area contributed by atoms with Crippen LogP contribution in [0.4, 0.5) is 4.79 Å². The number of hydrogen-bond donors (Lipinski definition) is 2. The Morgan fingerprint density at radius 3 is 2.50 bits per heavy atom. The average molecular weight is 309 g/mol. The lowest BCUT2D eigenvalue weighted by molar-refractivity contribution is 0.0462. The standard InChI is InChI=1S/C17H27NO4/c1-12(2)14-8-6-7-9-15(14)21-11-13(19)10-18-16(20)22-17(3,4)5/h6-9,12-13,19H,10-11H2,1-5H3,(H,18,20). The molecule has 0 saturated heterocycles. The number of amides is 1. The Kier molecular flexibility index (Phi) is 6.68. The molecule has 0 spiro atoms. The fourth-order valence-electron chi connectivity index (χ4n) is 1.85. The Morgan fingerprint density at radius 2 is 1.91 bits per heavy atom. The molecule has 22 heavy (non-hydrogen) atoms. The first kappa shape index (κ1) is 18.3. The van der Waals surface area contributed by atoms with Gasteiger partial charge >= 0.3 is 6.09 Å². The Bertz CT molecular complexity index is 480. The highest BCUT2D eigenvalue weighted by Crippen LogP contribution is 2.25. The summed E-state index contributed by atoms with van der Waals surface area (Å²) in [5.74, 6) is 1.10. The lowest BCUT2D eigenvalue weighted by Crippen LogP contribution is -2.38. The van der Waals surface area contributed by atoms with Crippen LogP contribution in [0.3, 0.4) is 0 Å². The number of nitrogens with one attached hydrogen (secondary N) is 1. The lowest BCUT2D eigenvalue weighted by Gasteiger charge is -2.21. The molecule has 0 heterocycles. The zero-order valence-corrected chi connectivity index (χ0v) is 14.1. The van der Waals surface area contributed by atoms with Crippen molar-refractivity contribution in [2.24, 2.45) is 0 Å². The van der Waals surface area contributed by atoms with Gasteiger partial charge in [0, 0.05) is 0 Å². The molecule has 124 valence electrons. The van der Waals surface area contributed by atoms with Crippen LogP contribution in [0.15, 0.2) is 24.3 Å². The molecule has 1 aromatic rings. The zero-order valence-electron chi connectivity index (χ0n) is 14.1. The van der Waals surface area contributed by atoms with Crippen LogP contribution in [-0.2, 0) is 4.74 Å². The van der Waals surface area contributed by atoms with Gasteiger partial charge in [0.2, 0.25) is 0 Å². The van der Waals surface area contributed by atoms with Crippen LogP contribution in [0, 0.1) is 0 Å². The van der Waals surface area contributed by atoms with Crippen LogP contribution in [0.5, 0.6) is 5.75 Å². The minimum atomic E-state index is -0.798. The highest BCUT2D eigenvalue weighted by atomic mass is 16.6. The number of carbonyl (C=O) groups is 1. The molecule has 0 aromatic heterocycles. The van der Waals surface area contributed by atoms with Crippen LogP contribution >= 0.6 is 0 Å². The number of carbonyl (C=O) groups excluding carboxylic acids is 1. The van der Waals surface area contributed by atoms with Crippen LogP contribution < -0.4 is 10.1 Å². The number of alkyl carbamates (subject to hydrolysis) is 1. The van der Waals surface area contributed by atoms with Gasteiger partial charge in [-0.25, -0.2) is 4.79 Å². The van der Waals surface area contributed by atoms with Crippen molar-refractivity contribution < 1.29 is 19.4 Å². The van der Waals surface area contributed by atoms with E-state index in [0.29, 0.717) is 5.92 Å². The van der Waals surface area contributed by atoms with E-state index in [1.807, 2.05) is 24.3 Å². The first-order valence-corrected chi connectivity index (χ1v) is 7.55. The van der Waals surface area contributed by atoms with Crippen LogP contribution in [0.25, 0.3) is 0 Å². The normalized spacial score (nSPS) is 12.9. The maximum Gasteiger partial charge on any atom is 0.407 e. The number of aliphatic hydroxyl groups is 1. The number of ether oxygens (including phenoxy) is 2. The fourth-order valence-corrected chi connectivity index (χ4v) is 1.85. The molecule has 1 aromatic carbocycles. The van der Waals surface area contributed by atoms with Crippen molar-refractivity contribution in [2.45, 2.75) is 52.2 Å². The Labute approximate surface area is 132 Å². The minimum Gasteiger partial charge on any atom is -0.491 e. The number of rotatable bonds is 6. The summed E-state index contributed by atoms with van der Waals surface area (Å²) in [5.41, 5.74) is 0.539. The molecule has 1 amide bonds. The van der Waals surface area contributed by atoms with E-state index in [1.165, 1.54) is 0 Å². The number of hydrogen-bond acceptors (Lipinski definition) is 4. The number of para-hydroxylation sites is 1. The Balaban J connectivity index is 2.41. The van der Waals surface area contributed by atoms with Crippen LogP contribution in [0.1, 0.15) is 46.1 Å². The first-order valence-electron chi connectivity index (χ1n) is 7.55. The number of aliphatic hydroxyl groups excluding tert-OH is 1. The van der Waals surface area contributed by atoms with Gasteiger partial charge in [0.1, 0.15) is 24.1 Å². The zero-order chi connectivity index (χ0) is 16.8. The Morgan fingerprint density at radius 1 is 1.27 bits per heavy atom. The maximum absolute atomic E-state index is 11.5. The largest absolute Gasteiger partial charge is 0.491 e. The molecule has 0 saturated carbocycles. The summed E-state index contributed by atoms with van der Waals surface area (Å²) in [5, 5.41) is 12.4. The summed E-state index contributed by atoms with van der Waals surface area (Å²) in [7, 11) is 0. The van der Waals surface area contributed by atoms with Gasteiger partial charge in [-0.05, 0) is 38.3 Å². The predicted molar refractivity (Wildman–Crippen MR) is 86.3 cm³/mol. The third kappa shape index (κ3) is 6.80.